The van der Waals surface area contributed by atoms with Gasteiger partial charge in [0.05, 0.1) is 0 Å². The number of benzene rings is 4. The molecule has 0 unspecified atom stereocenters. The Kier molecular flexibility index (Phi) is 6.62. The topological polar surface area (TPSA) is 0 Å². The average Bonchev–Trinajstić information content (AvgIpc) is 2.77. The summed E-state index contributed by atoms with van der Waals surface area (Å²) in [4.78, 5) is 0. The predicted molar refractivity (Wildman–Crippen MR) is 131 cm³/mol. The van der Waals surface area contributed by atoms with Crippen LogP contribution in [-0.2, 0) is 0 Å². The maximum Gasteiger partial charge on any atom is 0.144 e. The fraction of sp³-hybridized carbons (Fsp3) is 0. The fourth-order valence-electron chi connectivity index (χ4n) is 3.69. The zero-order chi connectivity index (χ0) is 18.5. The van der Waals surface area contributed by atoms with Crippen LogP contribution in [0.5, 0.6) is 0 Å². The third-order valence-electron chi connectivity index (χ3n) is 4.94. The summed E-state index contributed by atoms with van der Waals surface area (Å²) in [6.07, 6.45) is 0. The summed E-state index contributed by atoms with van der Waals surface area (Å²) in [5.41, 5.74) is 1.20. The quantitative estimate of drug-likeness (QED) is 0.319. The molecule has 0 saturated heterocycles. The standard InChI is InChI=1S/C26H22P.BrH/c1-22(23-14-6-2-7-15-23)27(24-16-8-3-9-17-24,25-18-10-4-11-19-25)26-20-12-5-13-21-26;/h2-21H,1H2;1H/q+1;. The second-order valence-electron chi connectivity index (χ2n) is 6.49. The van der Waals surface area contributed by atoms with E-state index in [1.165, 1.54) is 26.8 Å². The van der Waals surface area contributed by atoms with Crippen molar-refractivity contribution in [1.29, 1.82) is 0 Å². The molecule has 0 aromatic heterocycles. The molecule has 0 heterocycles. The van der Waals surface area contributed by atoms with Gasteiger partial charge in [0.15, 0.2) is 0 Å². The van der Waals surface area contributed by atoms with Gasteiger partial charge in [-0.3, -0.25) is 0 Å². The van der Waals surface area contributed by atoms with E-state index in [0.29, 0.717) is 0 Å². The molecule has 0 radical (unpaired) electrons. The highest BCUT2D eigenvalue weighted by Crippen LogP contribution is 2.65. The maximum atomic E-state index is 4.68. The summed E-state index contributed by atoms with van der Waals surface area (Å²) in [6.45, 7) is 4.68. The normalized spacial score (nSPS) is 10.7. The highest BCUT2D eigenvalue weighted by Gasteiger charge is 2.48. The Morgan fingerprint density at radius 2 is 0.750 bits per heavy atom. The monoisotopic (exact) mass is 445 g/mol. The van der Waals surface area contributed by atoms with E-state index in [0.717, 1.165) is 0 Å². The molecule has 0 nitrogen and oxygen atoms in total. The van der Waals surface area contributed by atoms with E-state index < -0.39 is 7.26 Å². The van der Waals surface area contributed by atoms with Gasteiger partial charge in [-0.2, -0.15) is 0 Å². The lowest BCUT2D eigenvalue weighted by Gasteiger charge is -2.29. The van der Waals surface area contributed by atoms with Gasteiger partial charge in [-0.15, -0.1) is 17.0 Å². The molecule has 2 heteroatoms. The zero-order valence-electron chi connectivity index (χ0n) is 15.6. The predicted octanol–water partition coefficient (Wildman–Crippen LogP) is 6.23. The van der Waals surface area contributed by atoms with Gasteiger partial charge in [-0.25, -0.2) is 0 Å². The van der Waals surface area contributed by atoms with Crippen molar-refractivity contribution in [2.45, 2.75) is 0 Å². The Labute approximate surface area is 178 Å². The first kappa shape index (κ1) is 20.3. The average molecular weight is 446 g/mol. The molecule has 0 saturated carbocycles. The van der Waals surface area contributed by atoms with Crippen LogP contribution in [0, 0.1) is 0 Å². The minimum Gasteiger partial charge on any atom is -0.114 e. The first-order valence-electron chi connectivity index (χ1n) is 9.14. The zero-order valence-corrected chi connectivity index (χ0v) is 18.2. The minimum absolute atomic E-state index is 0. The van der Waals surface area contributed by atoms with Gasteiger partial charge in [0, 0.05) is 5.56 Å². The molecule has 0 amide bonds. The molecule has 0 bridgehead atoms. The summed E-state index contributed by atoms with van der Waals surface area (Å²) in [7, 11) is -2.06. The highest BCUT2D eigenvalue weighted by molar-refractivity contribution is 8.93. The van der Waals surface area contributed by atoms with Crippen molar-refractivity contribution in [3.63, 3.8) is 0 Å². The van der Waals surface area contributed by atoms with Crippen molar-refractivity contribution < 1.29 is 0 Å². The largest absolute Gasteiger partial charge is 0.144 e. The molecular formula is C26H23BrP+. The maximum absolute atomic E-state index is 4.68. The van der Waals surface area contributed by atoms with Crippen LogP contribution < -0.4 is 15.9 Å². The molecule has 0 aliphatic carbocycles. The third kappa shape index (κ3) is 3.61. The van der Waals surface area contributed by atoms with E-state index in [1.807, 2.05) is 0 Å². The van der Waals surface area contributed by atoms with E-state index in [9.17, 15) is 0 Å². The molecule has 0 atom stereocenters. The van der Waals surface area contributed by atoms with Crippen LogP contribution in [-0.4, -0.2) is 0 Å². The molecule has 28 heavy (non-hydrogen) atoms. The van der Waals surface area contributed by atoms with Gasteiger partial charge < -0.3 is 0 Å². The molecule has 4 aromatic carbocycles. The Morgan fingerprint density at radius 1 is 0.464 bits per heavy atom. The van der Waals surface area contributed by atoms with E-state index in [4.69, 9.17) is 0 Å². The Morgan fingerprint density at radius 3 is 1.07 bits per heavy atom. The van der Waals surface area contributed by atoms with Gasteiger partial charge in [-0.05, 0) is 36.4 Å². The summed E-state index contributed by atoms with van der Waals surface area (Å²) < 4.78 is 0. The lowest BCUT2D eigenvalue weighted by atomic mass is 10.2. The van der Waals surface area contributed by atoms with Crippen LogP contribution >= 0.6 is 24.2 Å². The molecule has 0 spiro atoms. The molecule has 0 fully saturated rings. The highest BCUT2D eigenvalue weighted by atomic mass is 79.9. The van der Waals surface area contributed by atoms with Crippen LogP contribution in [0.25, 0.3) is 5.31 Å². The second kappa shape index (κ2) is 9.15. The molecule has 0 aliphatic rings. The van der Waals surface area contributed by atoms with Crippen molar-refractivity contribution in [3.8, 4) is 0 Å². The van der Waals surface area contributed by atoms with Crippen LogP contribution in [0.15, 0.2) is 128 Å². The van der Waals surface area contributed by atoms with Crippen molar-refractivity contribution in [2.24, 2.45) is 0 Å². The van der Waals surface area contributed by atoms with Crippen LogP contribution in [0.4, 0.5) is 0 Å². The van der Waals surface area contributed by atoms with Crippen molar-refractivity contribution in [1.82, 2.24) is 0 Å². The minimum atomic E-state index is -2.06. The number of rotatable bonds is 5. The molecular weight excluding hydrogens is 423 g/mol. The Balaban J connectivity index is 0.00000225. The third-order valence-corrected chi connectivity index (χ3v) is 9.23. The van der Waals surface area contributed by atoms with Crippen LogP contribution in [0.1, 0.15) is 5.56 Å². The summed E-state index contributed by atoms with van der Waals surface area (Å²) in [6, 6.07) is 43.2. The van der Waals surface area contributed by atoms with Crippen molar-refractivity contribution >= 4 is 45.5 Å². The number of hydrogen-bond acceptors (Lipinski definition) is 0. The van der Waals surface area contributed by atoms with E-state index in [1.54, 1.807) is 0 Å². The fourth-order valence-corrected chi connectivity index (χ4v) is 7.92. The van der Waals surface area contributed by atoms with Gasteiger partial charge in [0.1, 0.15) is 28.5 Å². The Hall–Kier alpha value is -2.47. The molecule has 4 aromatic rings. The van der Waals surface area contributed by atoms with Gasteiger partial charge in [0.2, 0.25) is 0 Å². The lowest BCUT2D eigenvalue weighted by molar-refractivity contribution is 1.65. The van der Waals surface area contributed by atoms with Crippen LogP contribution in [0.3, 0.4) is 0 Å². The molecule has 4 rings (SSSR count). The first-order chi connectivity index (χ1) is 13.3. The smallest absolute Gasteiger partial charge is 0.114 e. The molecule has 0 aliphatic heterocycles. The summed E-state index contributed by atoms with van der Waals surface area (Å²) in [5, 5.41) is 5.18. The number of halogens is 1. The Bertz CT molecular complexity index is 916. The summed E-state index contributed by atoms with van der Waals surface area (Å²) in [5.74, 6) is 0. The van der Waals surface area contributed by atoms with Gasteiger partial charge >= 0.3 is 0 Å². The second-order valence-corrected chi connectivity index (χ2v) is 9.92. The van der Waals surface area contributed by atoms with Crippen LogP contribution in [0.2, 0.25) is 0 Å². The van der Waals surface area contributed by atoms with Gasteiger partial charge in [-0.1, -0.05) is 91.5 Å². The van der Waals surface area contributed by atoms with Crippen molar-refractivity contribution in [3.05, 3.63) is 133 Å². The summed E-state index contributed by atoms with van der Waals surface area (Å²) >= 11 is 0. The first-order valence-corrected chi connectivity index (χ1v) is 10.9. The van der Waals surface area contributed by atoms with Gasteiger partial charge in [0.25, 0.3) is 0 Å². The molecule has 138 valence electrons. The SMILES string of the molecule is Br.C=C(c1ccccc1)[P+](c1ccccc1)(c1ccccc1)c1ccccc1. The van der Waals surface area contributed by atoms with E-state index in [-0.39, 0.29) is 17.0 Å². The number of hydrogen-bond donors (Lipinski definition) is 0. The van der Waals surface area contributed by atoms with E-state index in [2.05, 4.69) is 128 Å². The van der Waals surface area contributed by atoms with E-state index >= 15 is 0 Å². The lowest BCUT2D eigenvalue weighted by Crippen LogP contribution is -2.31. The molecule has 0 N–H and O–H groups in total. The van der Waals surface area contributed by atoms with Crippen molar-refractivity contribution in [2.75, 3.05) is 0 Å².